The molecule has 0 spiro atoms. The first-order chi connectivity index (χ1) is 22.8. The van der Waals surface area contributed by atoms with Gasteiger partial charge in [0.1, 0.15) is 0 Å². The zero-order chi connectivity index (χ0) is 32.9. The second-order valence-corrected chi connectivity index (χ2v) is 13.3. The number of nitrogens with one attached hydrogen (secondary N) is 4. The number of fused-ring (bicyclic) bond motifs is 2. The van der Waals surface area contributed by atoms with Gasteiger partial charge in [0.2, 0.25) is 17.8 Å². The Bertz CT molecular complexity index is 1800. The SMILES string of the molecule is Cc1cccc(C2=Cc3cccc(NC(=O)/C=C/CN(C)C)c3C2)c1CNc1nc(NCC2CCNCC2)nc2c(C(C)C)cnn12. The van der Waals surface area contributed by atoms with Crippen molar-refractivity contribution in [2.45, 2.75) is 52.5 Å². The monoisotopic (exact) mass is 633 g/mol. The highest BCUT2D eigenvalue weighted by Gasteiger charge is 2.22. The standard InChI is InChI=1S/C37H47N9O/c1-24(2)31-23-41-46-35(31)43-36(39-21-26-14-16-38-17-15-26)44-37(46)40-22-32-25(3)9-6-11-29(32)28-19-27-10-7-12-33(30(27)20-28)42-34(47)13-8-18-45(4)5/h6-13,19,23-24,26,38H,14-18,20-22H2,1-5H3,(H,42,47)(H2,39,40,43,44)/b13-8+. The molecule has 10 heteroatoms. The molecule has 0 atom stereocenters. The van der Waals surface area contributed by atoms with Gasteiger partial charge in [0.15, 0.2) is 5.65 Å². The number of rotatable bonds is 12. The second-order valence-electron chi connectivity index (χ2n) is 13.3. The van der Waals surface area contributed by atoms with Crippen LogP contribution in [0.2, 0.25) is 0 Å². The highest BCUT2D eigenvalue weighted by molar-refractivity contribution is 6.01. The van der Waals surface area contributed by atoms with Crippen molar-refractivity contribution in [2.75, 3.05) is 56.2 Å². The van der Waals surface area contributed by atoms with Gasteiger partial charge in [-0.3, -0.25) is 4.79 Å². The average Bonchev–Trinajstić information content (AvgIpc) is 3.69. The first kappa shape index (κ1) is 32.4. The van der Waals surface area contributed by atoms with Crippen molar-refractivity contribution in [2.24, 2.45) is 5.92 Å². The number of amides is 1. The Kier molecular flexibility index (Phi) is 9.98. The van der Waals surface area contributed by atoms with Gasteiger partial charge in [-0.15, -0.1) is 0 Å². The maximum Gasteiger partial charge on any atom is 0.248 e. The Hall–Kier alpha value is -4.54. The molecular weight excluding hydrogens is 586 g/mol. The molecule has 2 aromatic carbocycles. The number of nitrogens with zero attached hydrogens (tertiary/aromatic N) is 5. The first-order valence-electron chi connectivity index (χ1n) is 16.7. The van der Waals surface area contributed by atoms with Crippen molar-refractivity contribution in [3.63, 3.8) is 0 Å². The molecule has 6 rings (SSSR count). The van der Waals surface area contributed by atoms with Gasteiger partial charge in [0.05, 0.1) is 6.20 Å². The molecule has 1 amide bonds. The van der Waals surface area contributed by atoms with Crippen molar-refractivity contribution in [1.29, 1.82) is 0 Å². The van der Waals surface area contributed by atoms with Gasteiger partial charge in [0, 0.05) is 43.4 Å². The van der Waals surface area contributed by atoms with Gasteiger partial charge >= 0.3 is 0 Å². The van der Waals surface area contributed by atoms with Crippen LogP contribution in [0.15, 0.2) is 54.7 Å². The van der Waals surface area contributed by atoms with Crippen LogP contribution in [0.4, 0.5) is 17.6 Å². The Morgan fingerprint density at radius 1 is 1.11 bits per heavy atom. The van der Waals surface area contributed by atoms with Gasteiger partial charge < -0.3 is 26.2 Å². The van der Waals surface area contributed by atoms with Crippen LogP contribution in [0.5, 0.6) is 0 Å². The number of aromatic nitrogens is 4. The molecule has 0 unspecified atom stereocenters. The number of anilines is 3. The van der Waals surface area contributed by atoms with Crippen molar-refractivity contribution in [3.05, 3.63) is 88.1 Å². The zero-order valence-corrected chi connectivity index (χ0v) is 28.2. The third kappa shape index (κ3) is 7.55. The minimum atomic E-state index is -0.117. The van der Waals surface area contributed by atoms with E-state index in [-0.39, 0.29) is 11.8 Å². The molecule has 1 saturated heterocycles. The summed E-state index contributed by atoms with van der Waals surface area (Å²) in [5, 5.41) is 18.4. The predicted octanol–water partition coefficient (Wildman–Crippen LogP) is 5.73. The molecular formula is C37H47N9O. The highest BCUT2D eigenvalue weighted by Crippen LogP contribution is 2.38. The molecule has 0 radical (unpaired) electrons. The number of piperidine rings is 1. The maximum absolute atomic E-state index is 12.7. The van der Waals surface area contributed by atoms with Crippen LogP contribution < -0.4 is 21.3 Å². The van der Waals surface area contributed by atoms with E-state index in [1.165, 1.54) is 22.3 Å². The third-order valence-electron chi connectivity index (χ3n) is 9.11. The Morgan fingerprint density at radius 3 is 2.70 bits per heavy atom. The van der Waals surface area contributed by atoms with E-state index in [2.05, 4.69) is 72.4 Å². The molecule has 246 valence electrons. The molecule has 47 heavy (non-hydrogen) atoms. The van der Waals surface area contributed by atoms with E-state index in [0.29, 0.717) is 30.9 Å². The second kappa shape index (κ2) is 14.5. The summed E-state index contributed by atoms with van der Waals surface area (Å²) in [7, 11) is 3.96. The summed E-state index contributed by atoms with van der Waals surface area (Å²) in [6, 6.07) is 12.6. The first-order valence-corrected chi connectivity index (χ1v) is 16.7. The highest BCUT2D eigenvalue weighted by atomic mass is 16.1. The van der Waals surface area contributed by atoms with E-state index in [1.807, 2.05) is 47.9 Å². The van der Waals surface area contributed by atoms with Crippen molar-refractivity contribution in [1.82, 2.24) is 29.8 Å². The Balaban J connectivity index is 1.23. The van der Waals surface area contributed by atoms with E-state index in [0.717, 1.165) is 66.9 Å². The summed E-state index contributed by atoms with van der Waals surface area (Å²) < 4.78 is 1.83. The number of carbonyl (C=O) groups excluding carboxylic acids is 1. The minimum Gasteiger partial charge on any atom is -0.354 e. The number of benzene rings is 2. The van der Waals surface area contributed by atoms with Crippen LogP contribution in [-0.2, 0) is 17.8 Å². The molecule has 1 aliphatic carbocycles. The van der Waals surface area contributed by atoms with Crippen LogP contribution in [0.3, 0.4) is 0 Å². The number of hydrogen-bond donors (Lipinski definition) is 4. The molecule has 0 saturated carbocycles. The van der Waals surface area contributed by atoms with Gasteiger partial charge in [-0.05, 0) is 98.2 Å². The summed E-state index contributed by atoms with van der Waals surface area (Å²) in [6.07, 6.45) is 10.7. The molecule has 2 aliphatic rings. The summed E-state index contributed by atoms with van der Waals surface area (Å²) >= 11 is 0. The van der Waals surface area contributed by atoms with Crippen LogP contribution in [0, 0.1) is 12.8 Å². The number of likely N-dealkylation sites (N-methyl/N-ethyl adjacent to an activating group) is 1. The fourth-order valence-electron chi connectivity index (χ4n) is 6.42. The van der Waals surface area contributed by atoms with E-state index < -0.39 is 0 Å². The normalized spacial score (nSPS) is 15.1. The summed E-state index contributed by atoms with van der Waals surface area (Å²) in [6.45, 7) is 10.8. The molecule has 3 heterocycles. The van der Waals surface area contributed by atoms with Gasteiger partial charge in [-0.2, -0.15) is 19.6 Å². The molecule has 1 fully saturated rings. The lowest BCUT2D eigenvalue weighted by Crippen LogP contribution is -2.31. The Labute approximate surface area is 277 Å². The van der Waals surface area contributed by atoms with E-state index in [4.69, 9.17) is 15.1 Å². The Morgan fingerprint density at radius 2 is 1.91 bits per heavy atom. The topological polar surface area (TPSA) is 112 Å². The van der Waals surface area contributed by atoms with Gasteiger partial charge in [-0.1, -0.05) is 56.3 Å². The molecule has 2 aromatic heterocycles. The van der Waals surface area contributed by atoms with Crippen molar-refractivity contribution < 1.29 is 4.79 Å². The largest absolute Gasteiger partial charge is 0.354 e. The van der Waals surface area contributed by atoms with Crippen LogP contribution in [0.25, 0.3) is 17.3 Å². The summed E-state index contributed by atoms with van der Waals surface area (Å²) in [4.78, 5) is 24.5. The number of carbonyl (C=O) groups is 1. The van der Waals surface area contributed by atoms with Crippen LogP contribution >= 0.6 is 0 Å². The lowest BCUT2D eigenvalue weighted by Gasteiger charge is -2.23. The molecule has 4 aromatic rings. The van der Waals surface area contributed by atoms with E-state index >= 15 is 0 Å². The van der Waals surface area contributed by atoms with Crippen molar-refractivity contribution >= 4 is 40.8 Å². The lowest BCUT2D eigenvalue weighted by molar-refractivity contribution is -0.111. The number of hydrogen-bond acceptors (Lipinski definition) is 8. The quantitative estimate of drug-likeness (QED) is 0.146. The average molecular weight is 634 g/mol. The smallest absolute Gasteiger partial charge is 0.248 e. The minimum absolute atomic E-state index is 0.117. The zero-order valence-electron chi connectivity index (χ0n) is 28.2. The van der Waals surface area contributed by atoms with Crippen LogP contribution in [0.1, 0.15) is 66.0 Å². The van der Waals surface area contributed by atoms with Gasteiger partial charge in [0.25, 0.3) is 0 Å². The number of allylic oxidation sites excluding steroid dienone is 1. The summed E-state index contributed by atoms with van der Waals surface area (Å²) in [5.74, 6) is 2.07. The number of aryl methyl sites for hydroxylation is 1. The van der Waals surface area contributed by atoms with Gasteiger partial charge in [-0.25, -0.2) is 0 Å². The molecule has 0 bridgehead atoms. The summed E-state index contributed by atoms with van der Waals surface area (Å²) in [5.41, 5.74) is 9.87. The molecule has 4 N–H and O–H groups in total. The molecule has 10 nitrogen and oxygen atoms in total. The van der Waals surface area contributed by atoms with Crippen molar-refractivity contribution in [3.8, 4) is 0 Å². The predicted molar refractivity (Wildman–Crippen MR) is 192 cm³/mol. The van der Waals surface area contributed by atoms with E-state index in [1.54, 1.807) is 6.08 Å². The molecule has 1 aliphatic heterocycles. The maximum atomic E-state index is 12.7. The van der Waals surface area contributed by atoms with Crippen LogP contribution in [-0.4, -0.2) is 70.7 Å². The fraction of sp³-hybridized carbons (Fsp3) is 0.405. The van der Waals surface area contributed by atoms with E-state index in [9.17, 15) is 4.79 Å². The lowest BCUT2D eigenvalue weighted by atomic mass is 9.94. The fourth-order valence-corrected chi connectivity index (χ4v) is 6.42. The third-order valence-corrected chi connectivity index (χ3v) is 9.11.